The SMILES string of the molecule is F/C=C(/F)OC(F)C(F)F. The van der Waals surface area contributed by atoms with Crippen molar-refractivity contribution in [2.24, 2.45) is 0 Å². The lowest BCUT2D eigenvalue weighted by molar-refractivity contribution is -0.117. The lowest BCUT2D eigenvalue weighted by atomic mass is 10.7. The molecule has 0 saturated carbocycles. The van der Waals surface area contributed by atoms with Gasteiger partial charge in [0.05, 0.1) is 0 Å². The van der Waals surface area contributed by atoms with Gasteiger partial charge >= 0.3 is 18.8 Å². The van der Waals surface area contributed by atoms with Gasteiger partial charge in [-0.3, -0.25) is 0 Å². The van der Waals surface area contributed by atoms with Gasteiger partial charge in [0.25, 0.3) is 0 Å². The highest BCUT2D eigenvalue weighted by molar-refractivity contribution is 4.72. The predicted octanol–water partition coefficient (Wildman–Crippen LogP) is 2.30. The Kier molecular flexibility index (Phi) is 3.75. The normalized spacial score (nSPS) is 15.6. The standard InChI is InChI=1S/C4H3F5O/c5-1-2(6)10-4(9)3(7)8/h1,3-4H/b2-1-. The van der Waals surface area contributed by atoms with E-state index in [0.29, 0.717) is 0 Å². The van der Waals surface area contributed by atoms with Gasteiger partial charge in [0.1, 0.15) is 0 Å². The third kappa shape index (κ3) is 3.26. The molecule has 0 spiro atoms. The van der Waals surface area contributed by atoms with Crippen LogP contribution in [0, 0.1) is 0 Å². The van der Waals surface area contributed by atoms with Crippen LogP contribution in [0.5, 0.6) is 0 Å². The van der Waals surface area contributed by atoms with Crippen molar-refractivity contribution in [2.45, 2.75) is 12.8 Å². The molecule has 0 aliphatic carbocycles. The molecular weight excluding hydrogens is 159 g/mol. The van der Waals surface area contributed by atoms with Crippen molar-refractivity contribution < 1.29 is 26.7 Å². The maximum Gasteiger partial charge on any atom is 0.304 e. The van der Waals surface area contributed by atoms with Crippen LogP contribution in [-0.2, 0) is 4.74 Å². The second-order valence-corrected chi connectivity index (χ2v) is 1.22. The van der Waals surface area contributed by atoms with Crippen molar-refractivity contribution in [2.75, 3.05) is 0 Å². The second kappa shape index (κ2) is 4.08. The van der Waals surface area contributed by atoms with E-state index in [-0.39, 0.29) is 0 Å². The van der Waals surface area contributed by atoms with Crippen LogP contribution in [0.2, 0.25) is 0 Å². The number of halogens is 5. The monoisotopic (exact) mass is 162 g/mol. The summed E-state index contributed by atoms with van der Waals surface area (Å²) in [6.07, 6.45) is -7.35. The third-order valence-electron chi connectivity index (χ3n) is 0.509. The lowest BCUT2D eigenvalue weighted by Crippen LogP contribution is -2.14. The Bertz CT molecular complexity index is 123. The number of ether oxygens (including phenoxy) is 1. The van der Waals surface area contributed by atoms with E-state index in [4.69, 9.17) is 0 Å². The average Bonchev–Trinajstić information content (AvgIpc) is 1.87. The predicted molar refractivity (Wildman–Crippen MR) is 22.3 cm³/mol. The third-order valence-corrected chi connectivity index (χ3v) is 0.509. The molecule has 0 rings (SSSR count). The molecule has 0 heterocycles. The summed E-state index contributed by atoms with van der Waals surface area (Å²) in [4.78, 5) is 0. The van der Waals surface area contributed by atoms with Crippen molar-refractivity contribution in [3.8, 4) is 0 Å². The zero-order chi connectivity index (χ0) is 8.15. The van der Waals surface area contributed by atoms with Gasteiger partial charge in [-0.15, -0.1) is 0 Å². The summed E-state index contributed by atoms with van der Waals surface area (Å²) < 4.78 is 59.2. The van der Waals surface area contributed by atoms with Gasteiger partial charge in [-0.2, -0.15) is 8.78 Å². The molecule has 0 aliphatic heterocycles. The molecule has 0 radical (unpaired) electrons. The van der Waals surface area contributed by atoms with Gasteiger partial charge in [-0.05, 0) is 0 Å². The smallest absolute Gasteiger partial charge is 0.304 e. The molecule has 6 heteroatoms. The fourth-order valence-corrected chi connectivity index (χ4v) is 0.185. The summed E-state index contributed by atoms with van der Waals surface area (Å²) in [6.45, 7) is 0. The highest BCUT2D eigenvalue weighted by Gasteiger charge is 2.21. The minimum atomic E-state index is -3.48. The summed E-state index contributed by atoms with van der Waals surface area (Å²) in [5, 5.41) is 0. The Morgan fingerprint density at radius 1 is 1.30 bits per heavy atom. The largest absolute Gasteiger partial charge is 0.428 e. The average molecular weight is 162 g/mol. The van der Waals surface area contributed by atoms with Crippen molar-refractivity contribution >= 4 is 0 Å². The molecule has 60 valence electrons. The van der Waals surface area contributed by atoms with Crippen LogP contribution in [0.1, 0.15) is 0 Å². The Hall–Kier alpha value is -0.810. The van der Waals surface area contributed by atoms with Crippen LogP contribution in [0.25, 0.3) is 0 Å². The Balaban J connectivity index is 3.68. The topological polar surface area (TPSA) is 9.23 Å². The van der Waals surface area contributed by atoms with E-state index in [1.165, 1.54) is 0 Å². The molecule has 0 amide bonds. The molecule has 10 heavy (non-hydrogen) atoms. The van der Waals surface area contributed by atoms with Crippen molar-refractivity contribution in [3.63, 3.8) is 0 Å². The van der Waals surface area contributed by atoms with Gasteiger partial charge in [-0.25, -0.2) is 13.2 Å². The number of rotatable bonds is 3. The second-order valence-electron chi connectivity index (χ2n) is 1.22. The summed E-state index contributed by atoms with van der Waals surface area (Å²) in [5.41, 5.74) is 0. The zero-order valence-corrected chi connectivity index (χ0v) is 4.53. The van der Waals surface area contributed by atoms with E-state index in [9.17, 15) is 22.0 Å². The maximum atomic E-state index is 11.5. The van der Waals surface area contributed by atoms with Gasteiger partial charge < -0.3 is 4.74 Å². The Morgan fingerprint density at radius 3 is 2.10 bits per heavy atom. The highest BCUT2D eigenvalue weighted by atomic mass is 19.3. The first-order chi connectivity index (χ1) is 4.57. The van der Waals surface area contributed by atoms with Crippen molar-refractivity contribution in [3.05, 3.63) is 12.3 Å². The molecule has 0 aromatic heterocycles. The van der Waals surface area contributed by atoms with Crippen LogP contribution in [0.4, 0.5) is 22.0 Å². The van der Waals surface area contributed by atoms with Crippen LogP contribution in [0.15, 0.2) is 12.3 Å². The molecule has 0 N–H and O–H groups in total. The van der Waals surface area contributed by atoms with E-state index in [0.717, 1.165) is 0 Å². The fraction of sp³-hybridized carbons (Fsp3) is 0.500. The first kappa shape index (κ1) is 9.19. The molecule has 1 nitrogen and oxygen atoms in total. The molecule has 0 aromatic rings. The minimum Gasteiger partial charge on any atom is -0.428 e. The van der Waals surface area contributed by atoms with Crippen LogP contribution < -0.4 is 0 Å². The van der Waals surface area contributed by atoms with E-state index in [1.54, 1.807) is 0 Å². The van der Waals surface area contributed by atoms with Crippen LogP contribution in [-0.4, -0.2) is 12.8 Å². The molecule has 0 bridgehead atoms. The first-order valence-corrected chi connectivity index (χ1v) is 2.12. The molecule has 0 saturated heterocycles. The van der Waals surface area contributed by atoms with Gasteiger partial charge in [0.2, 0.25) is 0 Å². The van der Waals surface area contributed by atoms with E-state index in [2.05, 4.69) is 4.74 Å². The highest BCUT2D eigenvalue weighted by Crippen LogP contribution is 2.12. The van der Waals surface area contributed by atoms with Crippen LogP contribution in [0.3, 0.4) is 0 Å². The Morgan fingerprint density at radius 2 is 1.80 bits per heavy atom. The summed E-state index contributed by atoms with van der Waals surface area (Å²) in [6, 6.07) is -2.01. The quantitative estimate of drug-likeness (QED) is 0.457. The summed E-state index contributed by atoms with van der Waals surface area (Å²) in [5.74, 6) is 0. The summed E-state index contributed by atoms with van der Waals surface area (Å²) >= 11 is 0. The summed E-state index contributed by atoms with van der Waals surface area (Å²) in [7, 11) is 0. The van der Waals surface area contributed by atoms with Gasteiger partial charge in [-0.1, -0.05) is 0 Å². The maximum absolute atomic E-state index is 11.5. The molecule has 1 unspecified atom stereocenters. The van der Waals surface area contributed by atoms with Gasteiger partial charge in [0, 0.05) is 0 Å². The number of hydrogen-bond donors (Lipinski definition) is 0. The molecule has 0 fully saturated rings. The molecule has 0 aliphatic rings. The van der Waals surface area contributed by atoms with E-state index in [1.807, 2.05) is 0 Å². The molecule has 1 atom stereocenters. The molecular formula is C4H3F5O. The lowest BCUT2D eigenvalue weighted by Gasteiger charge is -2.05. The van der Waals surface area contributed by atoms with Crippen molar-refractivity contribution in [1.82, 2.24) is 0 Å². The van der Waals surface area contributed by atoms with Gasteiger partial charge in [0.15, 0.2) is 6.33 Å². The zero-order valence-electron chi connectivity index (χ0n) is 4.53. The first-order valence-electron chi connectivity index (χ1n) is 2.12. The van der Waals surface area contributed by atoms with E-state index < -0.39 is 25.1 Å². The van der Waals surface area contributed by atoms with Crippen LogP contribution >= 0.6 is 0 Å². The number of hydrogen-bond acceptors (Lipinski definition) is 1. The van der Waals surface area contributed by atoms with Crippen molar-refractivity contribution in [1.29, 1.82) is 0 Å². The van der Waals surface area contributed by atoms with E-state index >= 15 is 0 Å². The molecule has 0 aromatic carbocycles. The minimum absolute atomic E-state index is 0.755. The number of alkyl halides is 3. The fourth-order valence-electron chi connectivity index (χ4n) is 0.185. The Labute approximate surface area is 53.1 Å².